The van der Waals surface area contributed by atoms with Gasteiger partial charge in [-0.15, -0.1) is 0 Å². The van der Waals surface area contributed by atoms with Crippen LogP contribution in [-0.2, 0) is 49.4 Å². The summed E-state index contributed by atoms with van der Waals surface area (Å²) in [5.74, 6) is -0.923. The van der Waals surface area contributed by atoms with Crippen LogP contribution in [0.25, 0.3) is 10.2 Å². The largest absolute Gasteiger partial charge is 0.494 e. The predicted molar refractivity (Wildman–Crippen MR) is 303 cm³/mol. The van der Waals surface area contributed by atoms with Crippen molar-refractivity contribution >= 4 is 68.7 Å². The molecule has 17 nitrogen and oxygen atoms in total. The van der Waals surface area contributed by atoms with Crippen LogP contribution < -0.4 is 28.7 Å². The summed E-state index contributed by atoms with van der Waals surface area (Å²) in [6.07, 6.45) is 14.2. The lowest BCUT2D eigenvalue weighted by atomic mass is 9.82. The summed E-state index contributed by atoms with van der Waals surface area (Å²) in [5, 5.41) is 7.03. The van der Waals surface area contributed by atoms with E-state index in [1.54, 1.807) is 72.9 Å². The Kier molecular flexibility index (Phi) is 23.9. The van der Waals surface area contributed by atoms with Crippen LogP contribution in [0.2, 0.25) is 0 Å². The van der Waals surface area contributed by atoms with E-state index in [1.807, 2.05) is 36.4 Å². The number of esters is 6. The molecule has 0 bridgehead atoms. The third kappa shape index (κ3) is 19.6. The minimum atomic E-state index is -0.416. The first-order chi connectivity index (χ1) is 38.9. The highest BCUT2D eigenvalue weighted by Crippen LogP contribution is 2.34. The molecule has 2 fully saturated rings. The molecule has 0 unspecified atom stereocenters. The number of nitrogens with zero attached hydrogens (tertiary/aromatic N) is 3. The van der Waals surface area contributed by atoms with Gasteiger partial charge < -0.3 is 37.9 Å². The molecule has 5 aromatic rings. The molecule has 0 aliphatic heterocycles. The van der Waals surface area contributed by atoms with Crippen molar-refractivity contribution in [1.82, 2.24) is 4.98 Å². The number of rotatable bonds is 30. The number of carbonyl (C=O) groups is 6. The minimum absolute atomic E-state index is 0.130. The lowest BCUT2D eigenvalue weighted by molar-refractivity contribution is -0.152. The van der Waals surface area contributed by atoms with Crippen molar-refractivity contribution < 1.29 is 66.7 Å². The third-order valence-corrected chi connectivity index (χ3v) is 15.2. The molecular formula is C62H73N3O14S. The van der Waals surface area contributed by atoms with E-state index in [0.717, 1.165) is 73.2 Å². The molecule has 2 saturated carbocycles. The first-order valence-electron chi connectivity index (χ1n) is 27.9. The number of ether oxygens (including phenoxy) is 8. The van der Waals surface area contributed by atoms with Crippen LogP contribution >= 0.6 is 11.3 Å². The number of hydrazone groups is 1. The van der Waals surface area contributed by atoms with Gasteiger partial charge >= 0.3 is 35.8 Å². The fourth-order valence-electron chi connectivity index (χ4n) is 9.40. The zero-order valence-electron chi connectivity index (χ0n) is 45.9. The molecule has 0 atom stereocenters. The zero-order valence-corrected chi connectivity index (χ0v) is 46.7. The lowest BCUT2D eigenvalue weighted by Gasteiger charge is -2.26. The van der Waals surface area contributed by atoms with Crippen LogP contribution in [0.4, 0.5) is 5.13 Å². The molecule has 1 aromatic heterocycles. The summed E-state index contributed by atoms with van der Waals surface area (Å²) in [7, 11) is 1.80. The van der Waals surface area contributed by atoms with Crippen molar-refractivity contribution in [2.24, 2.45) is 28.8 Å². The van der Waals surface area contributed by atoms with E-state index >= 15 is 0 Å². The number of para-hydroxylation sites is 1. The van der Waals surface area contributed by atoms with Gasteiger partial charge in [-0.05, 0) is 181 Å². The standard InChI is InChI=1S/C62H73N3O14S/c1-4-57(67)75-39-14-8-7-13-38-74-51-26-30-52(31-27-51)77-59(69)46-20-18-45(19-21-46)58(68)76-40-35-44-17-34-55(49(41-44)42-63-65(3)62-64-54-15-9-10-16-56(54)80-62)79-61(71)48-24-22-47(23-25-48)60(70)78-53-32-28-50(29-33-53)73-37-12-6-5-11-36-72-43(2)66/h4,9-10,15-17,26-34,41-42,45-48H,1,5-8,11-14,18-25,35-40H2,2-3H3/b63-42+. The fraction of sp³-hybridized carbons (Fsp3) is 0.452. The number of fused-ring (bicyclic) bond motifs is 1. The van der Waals surface area contributed by atoms with E-state index in [0.29, 0.717) is 124 Å². The Morgan fingerprint density at radius 3 is 1.59 bits per heavy atom. The number of hydrogen-bond acceptors (Lipinski definition) is 18. The van der Waals surface area contributed by atoms with E-state index in [1.165, 1.54) is 18.3 Å². The molecule has 0 saturated heterocycles. The summed E-state index contributed by atoms with van der Waals surface area (Å²) in [6, 6.07) is 27.2. The molecule has 0 N–H and O–H groups in total. The van der Waals surface area contributed by atoms with Crippen molar-refractivity contribution in [3.63, 3.8) is 0 Å². The summed E-state index contributed by atoms with van der Waals surface area (Å²) < 4.78 is 45.9. The van der Waals surface area contributed by atoms with Gasteiger partial charge in [0.2, 0.25) is 5.13 Å². The van der Waals surface area contributed by atoms with E-state index < -0.39 is 17.9 Å². The second kappa shape index (κ2) is 31.9. The van der Waals surface area contributed by atoms with Gasteiger partial charge in [0.15, 0.2) is 0 Å². The monoisotopic (exact) mass is 1120 g/mol. The van der Waals surface area contributed by atoms with Crippen LogP contribution in [0.1, 0.15) is 121 Å². The molecule has 4 aromatic carbocycles. The Hall–Kier alpha value is -7.60. The number of aromatic nitrogens is 1. The summed E-state index contributed by atoms with van der Waals surface area (Å²) in [4.78, 5) is 80.0. The van der Waals surface area contributed by atoms with Crippen molar-refractivity contribution in [1.29, 1.82) is 0 Å². The van der Waals surface area contributed by atoms with Crippen molar-refractivity contribution in [3.8, 4) is 28.7 Å². The lowest BCUT2D eigenvalue weighted by Crippen LogP contribution is -2.30. The Bertz CT molecular complexity index is 2820. The molecule has 1 heterocycles. The predicted octanol–water partition coefficient (Wildman–Crippen LogP) is 11.8. The fourth-order valence-corrected chi connectivity index (χ4v) is 10.3. The molecule has 2 aliphatic carbocycles. The van der Waals surface area contributed by atoms with Crippen LogP contribution in [0.3, 0.4) is 0 Å². The average molecular weight is 1120 g/mol. The van der Waals surface area contributed by atoms with E-state index in [4.69, 9.17) is 42.9 Å². The van der Waals surface area contributed by atoms with Crippen LogP contribution in [0.15, 0.2) is 109 Å². The topological polar surface area (TPSA) is 205 Å². The van der Waals surface area contributed by atoms with Gasteiger partial charge in [-0.2, -0.15) is 5.10 Å². The van der Waals surface area contributed by atoms with Crippen LogP contribution in [0.5, 0.6) is 28.7 Å². The maximum Gasteiger partial charge on any atom is 0.330 e. The average Bonchev–Trinajstić information content (AvgIpc) is 3.93. The third-order valence-electron chi connectivity index (χ3n) is 14.1. The highest BCUT2D eigenvalue weighted by molar-refractivity contribution is 7.22. The summed E-state index contributed by atoms with van der Waals surface area (Å²) >= 11 is 1.50. The molecular weight excluding hydrogens is 1040 g/mol. The Morgan fingerprint density at radius 2 is 1.06 bits per heavy atom. The molecule has 18 heteroatoms. The molecule has 2 aliphatic rings. The molecule has 0 radical (unpaired) electrons. The van der Waals surface area contributed by atoms with Gasteiger partial charge in [0.1, 0.15) is 28.7 Å². The maximum absolute atomic E-state index is 13.7. The van der Waals surface area contributed by atoms with E-state index in [2.05, 4.69) is 11.7 Å². The minimum Gasteiger partial charge on any atom is -0.494 e. The number of thiazole rings is 1. The normalized spacial score (nSPS) is 17.0. The van der Waals surface area contributed by atoms with Crippen molar-refractivity contribution in [2.45, 2.75) is 116 Å². The number of carbonyl (C=O) groups excluding carboxylic acids is 6. The smallest absolute Gasteiger partial charge is 0.330 e. The van der Waals surface area contributed by atoms with Crippen molar-refractivity contribution in [2.75, 3.05) is 45.1 Å². The van der Waals surface area contributed by atoms with Crippen molar-refractivity contribution in [3.05, 3.63) is 115 Å². The number of unbranched alkanes of at least 4 members (excludes halogenated alkanes) is 6. The van der Waals surface area contributed by atoms with E-state index in [-0.39, 0.29) is 48.2 Å². The Balaban J connectivity index is 0.842. The van der Waals surface area contributed by atoms with Gasteiger partial charge in [-0.25, -0.2) is 14.8 Å². The highest BCUT2D eigenvalue weighted by atomic mass is 32.1. The van der Waals surface area contributed by atoms with Gasteiger partial charge in [0.05, 0.1) is 73.1 Å². The molecule has 0 amide bonds. The first kappa shape index (κ1) is 60.0. The quantitative estimate of drug-likeness (QED) is 0.00797. The first-order valence-corrected chi connectivity index (χ1v) is 28.7. The Morgan fingerprint density at radius 1 is 0.575 bits per heavy atom. The van der Waals surface area contributed by atoms with Gasteiger partial charge in [0.25, 0.3) is 0 Å². The van der Waals surface area contributed by atoms with Gasteiger partial charge in [0, 0.05) is 32.0 Å². The van der Waals surface area contributed by atoms with Crippen LogP contribution in [-0.4, -0.2) is 87.1 Å². The molecule has 426 valence electrons. The number of benzene rings is 4. The zero-order chi connectivity index (χ0) is 56.5. The molecule has 80 heavy (non-hydrogen) atoms. The van der Waals surface area contributed by atoms with E-state index in [9.17, 15) is 28.8 Å². The number of hydrogen-bond donors (Lipinski definition) is 0. The number of anilines is 1. The summed E-state index contributed by atoms with van der Waals surface area (Å²) in [5.41, 5.74) is 2.25. The second-order valence-corrected chi connectivity index (χ2v) is 21.1. The highest BCUT2D eigenvalue weighted by Gasteiger charge is 2.34. The molecule has 0 spiro atoms. The molecule has 7 rings (SSSR count). The SMILES string of the molecule is C=CC(=O)OCCCCCCOc1ccc(OC(=O)C2CCC(C(=O)OCCc3ccc(OC(=O)C4CCC(C(=O)Oc5ccc(OCCCCCCOC(C)=O)cc5)CC4)c(/C=N/N(C)c4nc5ccccc5s4)c3)CC2)cc1. The maximum atomic E-state index is 13.7. The van der Waals surface area contributed by atoms with Crippen LogP contribution in [0, 0.1) is 23.7 Å². The second-order valence-electron chi connectivity index (χ2n) is 20.1. The summed E-state index contributed by atoms with van der Waals surface area (Å²) in [6.45, 7) is 6.83. The Labute approximate surface area is 471 Å². The van der Waals surface area contributed by atoms with Gasteiger partial charge in [-0.1, -0.05) is 36.1 Å². The van der Waals surface area contributed by atoms with Gasteiger partial charge in [-0.3, -0.25) is 24.0 Å².